The van der Waals surface area contributed by atoms with Gasteiger partial charge in [-0.25, -0.2) is 0 Å². The van der Waals surface area contributed by atoms with Crippen molar-refractivity contribution in [2.45, 2.75) is 12.6 Å². The predicted molar refractivity (Wildman–Crippen MR) is 85.9 cm³/mol. The summed E-state index contributed by atoms with van der Waals surface area (Å²) in [6.45, 7) is 3.06. The number of rotatable bonds is 3. The van der Waals surface area contributed by atoms with Crippen LogP contribution in [0.1, 0.15) is 5.82 Å². The molecule has 2 fully saturated rings. The number of nitrogens with zero attached hydrogens (tertiary/aromatic N) is 4. The molecule has 2 aliphatic heterocycles. The fourth-order valence-corrected chi connectivity index (χ4v) is 3.33. The highest BCUT2D eigenvalue weighted by Gasteiger charge is 2.37. The van der Waals surface area contributed by atoms with Gasteiger partial charge in [-0.05, 0) is 12.1 Å². The van der Waals surface area contributed by atoms with Crippen LogP contribution in [0.5, 0.6) is 0 Å². The molecule has 7 nitrogen and oxygen atoms in total. The molecule has 0 radical (unpaired) electrons. The highest BCUT2D eigenvalue weighted by atomic mass is 16.5. The van der Waals surface area contributed by atoms with Crippen molar-refractivity contribution in [3.8, 4) is 11.5 Å². The molecule has 2 aliphatic rings. The molecule has 126 valence electrons. The topological polar surface area (TPSA) is 71.7 Å². The minimum absolute atomic E-state index is 0.0745. The van der Waals surface area contributed by atoms with Crippen LogP contribution >= 0.6 is 0 Å². The zero-order valence-electron chi connectivity index (χ0n) is 13.6. The zero-order chi connectivity index (χ0) is 16.5. The fraction of sp³-hybridized carbons (Fsp3) is 0.471. The normalized spacial score (nSPS) is 24.9. The van der Waals surface area contributed by atoms with Crippen LogP contribution in [-0.2, 0) is 16.1 Å². The number of carbonyl (C=O) groups is 1. The van der Waals surface area contributed by atoms with Gasteiger partial charge in [0.1, 0.15) is 0 Å². The Balaban J connectivity index is 1.50. The Morgan fingerprint density at radius 3 is 2.88 bits per heavy atom. The van der Waals surface area contributed by atoms with Crippen LogP contribution in [0, 0.1) is 5.92 Å². The van der Waals surface area contributed by atoms with E-state index >= 15 is 0 Å². The van der Waals surface area contributed by atoms with Gasteiger partial charge in [0.15, 0.2) is 5.82 Å². The van der Waals surface area contributed by atoms with E-state index in [1.54, 1.807) is 0 Å². The van der Waals surface area contributed by atoms with Crippen molar-refractivity contribution in [1.29, 1.82) is 0 Å². The maximum Gasteiger partial charge on any atom is 0.257 e. The lowest BCUT2D eigenvalue weighted by Gasteiger charge is -2.28. The van der Waals surface area contributed by atoms with E-state index in [4.69, 9.17) is 9.26 Å². The molecule has 24 heavy (non-hydrogen) atoms. The Hall–Kier alpha value is -2.25. The van der Waals surface area contributed by atoms with E-state index in [-0.39, 0.29) is 17.9 Å². The standard InChI is InChI=1S/C17H20N4O3/c1-20-14-8-21(7-13(17(20)22)10-23-11-14)9-15-18-16(24-19-15)12-5-3-2-4-6-12/h2-6,13-14H,7-11H2,1H3/t13-,14+/m1/s1. The third-order valence-corrected chi connectivity index (χ3v) is 4.68. The van der Waals surface area contributed by atoms with Gasteiger partial charge in [0.25, 0.3) is 5.89 Å². The lowest BCUT2D eigenvalue weighted by Crippen LogP contribution is -2.43. The van der Waals surface area contributed by atoms with E-state index in [0.29, 0.717) is 38.0 Å². The number of likely N-dealkylation sites (N-methyl/N-ethyl adjacent to an activating group) is 1. The number of hydrogen-bond acceptors (Lipinski definition) is 6. The van der Waals surface area contributed by atoms with Crippen LogP contribution in [0.4, 0.5) is 0 Å². The summed E-state index contributed by atoms with van der Waals surface area (Å²) in [4.78, 5) is 20.9. The molecule has 1 amide bonds. The molecular weight excluding hydrogens is 308 g/mol. The van der Waals surface area contributed by atoms with Crippen molar-refractivity contribution in [1.82, 2.24) is 19.9 Å². The second kappa shape index (κ2) is 6.33. The lowest BCUT2D eigenvalue weighted by atomic mass is 10.1. The zero-order valence-corrected chi connectivity index (χ0v) is 13.6. The maximum atomic E-state index is 12.4. The summed E-state index contributed by atoms with van der Waals surface area (Å²) in [5, 5.41) is 4.09. The summed E-state index contributed by atoms with van der Waals surface area (Å²) >= 11 is 0. The molecule has 2 saturated heterocycles. The number of amides is 1. The lowest BCUT2D eigenvalue weighted by molar-refractivity contribution is -0.133. The third-order valence-electron chi connectivity index (χ3n) is 4.68. The molecule has 2 aromatic rings. The molecular formula is C17H20N4O3. The van der Waals surface area contributed by atoms with Gasteiger partial charge in [-0.1, -0.05) is 23.4 Å². The quantitative estimate of drug-likeness (QED) is 0.838. The van der Waals surface area contributed by atoms with E-state index in [0.717, 1.165) is 12.1 Å². The average Bonchev–Trinajstić information content (AvgIpc) is 2.96. The van der Waals surface area contributed by atoms with E-state index in [1.807, 2.05) is 42.3 Å². The highest BCUT2D eigenvalue weighted by molar-refractivity contribution is 5.79. The van der Waals surface area contributed by atoms with Crippen molar-refractivity contribution in [3.05, 3.63) is 36.2 Å². The maximum absolute atomic E-state index is 12.4. The number of hydrogen-bond donors (Lipinski definition) is 0. The molecule has 3 heterocycles. The van der Waals surface area contributed by atoms with E-state index < -0.39 is 0 Å². The van der Waals surface area contributed by atoms with Gasteiger partial charge in [0.2, 0.25) is 5.91 Å². The summed E-state index contributed by atoms with van der Waals surface area (Å²) in [5.74, 6) is 1.21. The first-order valence-corrected chi connectivity index (χ1v) is 8.15. The van der Waals surface area contributed by atoms with E-state index in [1.165, 1.54) is 0 Å². The van der Waals surface area contributed by atoms with E-state index in [9.17, 15) is 4.79 Å². The van der Waals surface area contributed by atoms with Gasteiger partial charge in [0.05, 0.1) is 31.7 Å². The number of fused-ring (bicyclic) bond motifs is 3. The van der Waals surface area contributed by atoms with Crippen LogP contribution in [0.15, 0.2) is 34.9 Å². The molecule has 2 bridgehead atoms. The second-order valence-corrected chi connectivity index (χ2v) is 6.41. The molecule has 0 unspecified atom stereocenters. The Morgan fingerprint density at radius 1 is 1.21 bits per heavy atom. The first kappa shape index (κ1) is 15.3. The SMILES string of the molecule is CN1C(=O)[C@H]2COC[C@@H]1CN(Cc1noc(-c3ccccc3)n1)C2. The van der Waals surface area contributed by atoms with Crippen molar-refractivity contribution in [2.24, 2.45) is 5.92 Å². The summed E-state index contributed by atoms with van der Waals surface area (Å²) in [6, 6.07) is 9.79. The van der Waals surface area contributed by atoms with Gasteiger partial charge in [0, 0.05) is 25.7 Å². The summed E-state index contributed by atoms with van der Waals surface area (Å²) in [7, 11) is 1.86. The first-order valence-electron chi connectivity index (χ1n) is 8.15. The van der Waals surface area contributed by atoms with Crippen molar-refractivity contribution >= 4 is 5.91 Å². The molecule has 4 rings (SSSR count). The van der Waals surface area contributed by atoms with Crippen molar-refractivity contribution in [3.63, 3.8) is 0 Å². The van der Waals surface area contributed by atoms with Crippen LogP contribution in [-0.4, -0.2) is 65.2 Å². The van der Waals surface area contributed by atoms with Gasteiger partial charge in [-0.15, -0.1) is 0 Å². The fourth-order valence-electron chi connectivity index (χ4n) is 3.33. The van der Waals surface area contributed by atoms with Gasteiger partial charge < -0.3 is 14.2 Å². The van der Waals surface area contributed by atoms with Crippen LogP contribution in [0.3, 0.4) is 0 Å². The molecule has 2 atom stereocenters. The van der Waals surface area contributed by atoms with Gasteiger partial charge in [-0.2, -0.15) is 4.98 Å². The minimum Gasteiger partial charge on any atom is -0.378 e. The Bertz CT molecular complexity index is 718. The summed E-state index contributed by atoms with van der Waals surface area (Å²) in [6.07, 6.45) is 0. The molecule has 0 spiro atoms. The van der Waals surface area contributed by atoms with Crippen molar-refractivity contribution < 1.29 is 14.1 Å². The number of aromatic nitrogens is 2. The van der Waals surface area contributed by atoms with Gasteiger partial charge in [-0.3, -0.25) is 9.69 Å². The highest BCUT2D eigenvalue weighted by Crippen LogP contribution is 2.22. The van der Waals surface area contributed by atoms with Gasteiger partial charge >= 0.3 is 0 Å². The Labute approximate surface area is 140 Å². The molecule has 1 aromatic heterocycles. The Morgan fingerprint density at radius 2 is 2.04 bits per heavy atom. The molecule has 1 aromatic carbocycles. The summed E-state index contributed by atoms with van der Waals surface area (Å²) in [5.41, 5.74) is 0.910. The average molecular weight is 328 g/mol. The van der Waals surface area contributed by atoms with Crippen LogP contribution in [0.2, 0.25) is 0 Å². The summed E-state index contributed by atoms with van der Waals surface area (Å²) < 4.78 is 11.0. The van der Waals surface area contributed by atoms with Crippen molar-refractivity contribution in [2.75, 3.05) is 33.4 Å². The second-order valence-electron chi connectivity index (χ2n) is 6.41. The third kappa shape index (κ3) is 2.92. The molecule has 0 N–H and O–H groups in total. The number of carbonyl (C=O) groups excluding carboxylic acids is 1. The monoisotopic (exact) mass is 328 g/mol. The Kier molecular flexibility index (Phi) is 4.03. The van der Waals surface area contributed by atoms with Crippen LogP contribution in [0.25, 0.3) is 11.5 Å². The molecule has 7 heteroatoms. The molecule has 0 saturated carbocycles. The minimum atomic E-state index is -0.122. The smallest absolute Gasteiger partial charge is 0.257 e. The van der Waals surface area contributed by atoms with E-state index in [2.05, 4.69) is 15.0 Å². The number of benzene rings is 1. The van der Waals surface area contributed by atoms with Crippen LogP contribution < -0.4 is 0 Å². The predicted octanol–water partition coefficient (Wildman–Crippen LogP) is 1.03. The number of ether oxygens (including phenoxy) is 1. The first-order chi connectivity index (χ1) is 11.7. The largest absolute Gasteiger partial charge is 0.378 e. The molecule has 0 aliphatic carbocycles.